The molecule has 0 bridgehead atoms. The molecule has 2 rings (SSSR count). The number of anilines is 2. The summed E-state index contributed by atoms with van der Waals surface area (Å²) in [6.45, 7) is 2.24. The Morgan fingerprint density at radius 1 is 1.12 bits per heavy atom. The smallest absolute Gasteiger partial charge is 0.243 e. The number of carbonyl (C=O) groups is 1. The van der Waals surface area contributed by atoms with Crippen LogP contribution in [0.3, 0.4) is 0 Å². The third-order valence-corrected chi connectivity index (χ3v) is 4.63. The first-order valence-electron chi connectivity index (χ1n) is 7.98. The Hall–Kier alpha value is -2.74. The Labute approximate surface area is 153 Å². The third kappa shape index (κ3) is 5.13. The van der Waals surface area contributed by atoms with Gasteiger partial charge in [-0.3, -0.25) is 4.79 Å². The van der Waals surface area contributed by atoms with Crippen LogP contribution in [0, 0.1) is 0 Å². The maximum Gasteiger partial charge on any atom is 0.243 e. The van der Waals surface area contributed by atoms with Gasteiger partial charge in [0.2, 0.25) is 5.91 Å². The molecule has 0 saturated heterocycles. The number of methoxy groups -OCH3 is 1. The Morgan fingerprint density at radius 2 is 1.85 bits per heavy atom. The number of nitrogens with one attached hydrogen (secondary N) is 2. The third-order valence-electron chi connectivity index (χ3n) is 3.49. The molecule has 1 amide bonds. The summed E-state index contributed by atoms with van der Waals surface area (Å²) in [4.78, 5) is 12.3. The topological polar surface area (TPSA) is 93.7 Å². The van der Waals surface area contributed by atoms with Gasteiger partial charge in [0.05, 0.1) is 36.5 Å². The van der Waals surface area contributed by atoms with E-state index in [0.717, 1.165) is 6.26 Å². The van der Waals surface area contributed by atoms with Crippen molar-refractivity contribution in [2.45, 2.75) is 11.8 Å². The van der Waals surface area contributed by atoms with Gasteiger partial charge in [-0.2, -0.15) is 0 Å². The molecule has 140 valence electrons. The second-order valence-corrected chi connectivity index (χ2v) is 7.45. The molecule has 2 aromatic rings. The number of sulfone groups is 1. The SMILES string of the molecule is CCOc1ccccc1NC(=O)CNc1ccc(OC)cc1S(C)(=O)=O. The Balaban J connectivity index is 2.11. The summed E-state index contributed by atoms with van der Waals surface area (Å²) in [5.74, 6) is 0.670. The molecule has 0 aliphatic rings. The number of benzene rings is 2. The van der Waals surface area contributed by atoms with Gasteiger partial charge in [-0.05, 0) is 31.2 Å². The van der Waals surface area contributed by atoms with E-state index < -0.39 is 9.84 Å². The molecule has 2 N–H and O–H groups in total. The highest BCUT2D eigenvalue weighted by Crippen LogP contribution is 2.27. The molecule has 2 aromatic carbocycles. The van der Waals surface area contributed by atoms with Crippen molar-refractivity contribution in [1.82, 2.24) is 0 Å². The lowest BCUT2D eigenvalue weighted by atomic mass is 10.3. The first-order chi connectivity index (χ1) is 12.3. The van der Waals surface area contributed by atoms with Crippen LogP contribution in [0.4, 0.5) is 11.4 Å². The zero-order chi connectivity index (χ0) is 19.2. The maximum absolute atomic E-state index is 12.2. The van der Waals surface area contributed by atoms with E-state index >= 15 is 0 Å². The largest absolute Gasteiger partial charge is 0.497 e. The zero-order valence-corrected chi connectivity index (χ0v) is 15.7. The van der Waals surface area contributed by atoms with Crippen LogP contribution in [0.25, 0.3) is 0 Å². The lowest BCUT2D eigenvalue weighted by Gasteiger charge is -2.14. The molecule has 8 heteroatoms. The fourth-order valence-corrected chi connectivity index (χ4v) is 3.17. The van der Waals surface area contributed by atoms with Crippen LogP contribution in [-0.4, -0.2) is 40.8 Å². The molecule has 0 unspecified atom stereocenters. The molecule has 0 heterocycles. The van der Waals surface area contributed by atoms with Gasteiger partial charge in [-0.25, -0.2) is 8.42 Å². The van der Waals surface area contributed by atoms with Crippen LogP contribution in [0.5, 0.6) is 11.5 Å². The van der Waals surface area contributed by atoms with Crippen molar-refractivity contribution in [1.29, 1.82) is 0 Å². The quantitative estimate of drug-likeness (QED) is 0.733. The van der Waals surface area contributed by atoms with E-state index in [1.54, 1.807) is 30.3 Å². The maximum atomic E-state index is 12.2. The number of ether oxygens (including phenoxy) is 2. The Morgan fingerprint density at radius 3 is 2.50 bits per heavy atom. The second-order valence-electron chi connectivity index (χ2n) is 5.47. The summed E-state index contributed by atoms with van der Waals surface area (Å²) in [6, 6.07) is 11.7. The number of para-hydroxylation sites is 2. The normalized spacial score (nSPS) is 10.9. The van der Waals surface area contributed by atoms with Gasteiger partial charge >= 0.3 is 0 Å². The van der Waals surface area contributed by atoms with E-state index in [9.17, 15) is 13.2 Å². The van der Waals surface area contributed by atoms with Gasteiger partial charge < -0.3 is 20.1 Å². The average molecular weight is 378 g/mol. The Kier molecular flexibility index (Phi) is 6.46. The van der Waals surface area contributed by atoms with E-state index in [2.05, 4.69) is 10.6 Å². The van der Waals surface area contributed by atoms with Gasteiger partial charge in [-0.1, -0.05) is 12.1 Å². The molecule has 0 aliphatic carbocycles. The molecular weight excluding hydrogens is 356 g/mol. The highest BCUT2D eigenvalue weighted by molar-refractivity contribution is 7.90. The number of amides is 1. The van der Waals surface area contributed by atoms with Gasteiger partial charge in [0.1, 0.15) is 11.5 Å². The number of carbonyl (C=O) groups excluding carboxylic acids is 1. The molecular formula is C18H22N2O5S. The lowest BCUT2D eigenvalue weighted by Crippen LogP contribution is -2.23. The molecule has 0 fully saturated rings. The van der Waals surface area contributed by atoms with Crippen molar-refractivity contribution >= 4 is 27.1 Å². The van der Waals surface area contributed by atoms with Crippen LogP contribution >= 0.6 is 0 Å². The van der Waals surface area contributed by atoms with Crippen molar-refractivity contribution in [2.24, 2.45) is 0 Å². The molecule has 26 heavy (non-hydrogen) atoms. The molecule has 0 spiro atoms. The van der Waals surface area contributed by atoms with Crippen LogP contribution in [-0.2, 0) is 14.6 Å². The van der Waals surface area contributed by atoms with Crippen molar-refractivity contribution < 1.29 is 22.7 Å². The number of rotatable bonds is 8. The first kappa shape index (κ1) is 19.6. The van der Waals surface area contributed by atoms with Crippen molar-refractivity contribution in [3.8, 4) is 11.5 Å². The number of hydrogen-bond donors (Lipinski definition) is 2. The van der Waals surface area contributed by atoms with Crippen LogP contribution in [0.1, 0.15) is 6.92 Å². The Bertz CT molecular complexity index is 881. The minimum Gasteiger partial charge on any atom is -0.497 e. The van der Waals surface area contributed by atoms with Gasteiger partial charge in [0.25, 0.3) is 0 Å². The average Bonchev–Trinajstić information content (AvgIpc) is 2.61. The van der Waals surface area contributed by atoms with E-state index in [4.69, 9.17) is 9.47 Å². The van der Waals surface area contributed by atoms with E-state index in [-0.39, 0.29) is 17.3 Å². The molecule has 0 radical (unpaired) electrons. The summed E-state index contributed by atoms with van der Waals surface area (Å²) in [7, 11) is -2.03. The van der Waals surface area contributed by atoms with Crippen LogP contribution in [0.15, 0.2) is 47.4 Å². The summed E-state index contributed by atoms with van der Waals surface area (Å²) >= 11 is 0. The minimum atomic E-state index is -3.48. The van der Waals surface area contributed by atoms with Gasteiger partial charge in [-0.15, -0.1) is 0 Å². The standard InChI is InChI=1S/C18H22N2O5S/c1-4-25-16-8-6-5-7-14(16)20-18(21)12-19-15-10-9-13(24-2)11-17(15)26(3,22)23/h5-11,19H,4,12H2,1-3H3,(H,20,21). The fraction of sp³-hybridized carbons (Fsp3) is 0.278. The summed E-state index contributed by atoms with van der Waals surface area (Å²) < 4.78 is 34.4. The molecule has 7 nitrogen and oxygen atoms in total. The molecule has 0 atom stereocenters. The van der Waals surface area contributed by atoms with E-state index in [0.29, 0.717) is 29.5 Å². The number of hydrogen-bond acceptors (Lipinski definition) is 6. The van der Waals surface area contributed by atoms with E-state index in [1.165, 1.54) is 13.2 Å². The molecule has 0 aliphatic heterocycles. The van der Waals surface area contributed by atoms with Crippen molar-refractivity contribution in [2.75, 3.05) is 37.2 Å². The van der Waals surface area contributed by atoms with Gasteiger partial charge in [0, 0.05) is 12.3 Å². The highest BCUT2D eigenvalue weighted by Gasteiger charge is 2.16. The van der Waals surface area contributed by atoms with Gasteiger partial charge in [0.15, 0.2) is 9.84 Å². The highest BCUT2D eigenvalue weighted by atomic mass is 32.2. The fourth-order valence-electron chi connectivity index (χ4n) is 2.30. The predicted molar refractivity (Wildman–Crippen MR) is 101 cm³/mol. The zero-order valence-electron chi connectivity index (χ0n) is 14.9. The van der Waals surface area contributed by atoms with Crippen molar-refractivity contribution in [3.05, 3.63) is 42.5 Å². The molecule has 0 saturated carbocycles. The van der Waals surface area contributed by atoms with E-state index in [1.807, 2.05) is 13.0 Å². The molecule has 0 aromatic heterocycles. The minimum absolute atomic E-state index is 0.0689. The second kappa shape index (κ2) is 8.57. The lowest BCUT2D eigenvalue weighted by molar-refractivity contribution is -0.114. The summed E-state index contributed by atoms with van der Waals surface area (Å²) in [5.41, 5.74) is 0.890. The summed E-state index contributed by atoms with van der Waals surface area (Å²) in [5, 5.41) is 5.60. The summed E-state index contributed by atoms with van der Waals surface area (Å²) in [6.07, 6.45) is 1.10. The monoisotopic (exact) mass is 378 g/mol. The van der Waals surface area contributed by atoms with Crippen LogP contribution < -0.4 is 20.1 Å². The first-order valence-corrected chi connectivity index (χ1v) is 9.88. The van der Waals surface area contributed by atoms with Crippen LogP contribution in [0.2, 0.25) is 0 Å². The van der Waals surface area contributed by atoms with Crippen molar-refractivity contribution in [3.63, 3.8) is 0 Å². The predicted octanol–water partition coefficient (Wildman–Crippen LogP) is 2.55.